The van der Waals surface area contributed by atoms with Gasteiger partial charge in [0, 0.05) is 11.9 Å². The SMILES string of the molecule is COC(=O)c1ccc(Cn2c(C)nc3c2CCCC3)nc1. The first kappa shape index (κ1) is 13.8. The van der Waals surface area contributed by atoms with Gasteiger partial charge in [-0.2, -0.15) is 0 Å². The number of aromatic nitrogens is 3. The number of aryl methyl sites for hydroxylation is 2. The third-order valence-corrected chi connectivity index (χ3v) is 3.99. The van der Waals surface area contributed by atoms with Crippen LogP contribution < -0.4 is 0 Å². The summed E-state index contributed by atoms with van der Waals surface area (Å²) in [5.74, 6) is 0.686. The lowest BCUT2D eigenvalue weighted by Crippen LogP contribution is -2.11. The smallest absolute Gasteiger partial charge is 0.339 e. The van der Waals surface area contributed by atoms with E-state index in [-0.39, 0.29) is 5.97 Å². The van der Waals surface area contributed by atoms with E-state index in [0.29, 0.717) is 12.1 Å². The molecule has 5 heteroatoms. The Bertz CT molecular complexity index is 659. The van der Waals surface area contributed by atoms with Crippen molar-refractivity contribution in [1.82, 2.24) is 14.5 Å². The summed E-state index contributed by atoms with van der Waals surface area (Å²) in [6.45, 7) is 2.75. The van der Waals surface area contributed by atoms with Gasteiger partial charge in [0.2, 0.25) is 0 Å². The van der Waals surface area contributed by atoms with Crippen LogP contribution in [0.25, 0.3) is 0 Å². The number of pyridine rings is 1. The van der Waals surface area contributed by atoms with Crippen molar-refractivity contribution in [2.45, 2.75) is 39.2 Å². The summed E-state index contributed by atoms with van der Waals surface area (Å²) in [4.78, 5) is 20.4. The minimum atomic E-state index is -0.356. The van der Waals surface area contributed by atoms with E-state index in [1.54, 1.807) is 12.3 Å². The molecular formula is C16H19N3O2. The van der Waals surface area contributed by atoms with Gasteiger partial charge in [0.15, 0.2) is 0 Å². The Morgan fingerprint density at radius 1 is 1.33 bits per heavy atom. The zero-order valence-corrected chi connectivity index (χ0v) is 12.4. The minimum absolute atomic E-state index is 0.356. The Morgan fingerprint density at radius 3 is 2.86 bits per heavy atom. The molecule has 0 unspecified atom stereocenters. The molecule has 3 rings (SSSR count). The Kier molecular flexibility index (Phi) is 3.73. The summed E-state index contributed by atoms with van der Waals surface area (Å²) < 4.78 is 6.93. The number of fused-ring (bicyclic) bond motifs is 1. The third kappa shape index (κ3) is 2.68. The van der Waals surface area contributed by atoms with Gasteiger partial charge < -0.3 is 9.30 Å². The van der Waals surface area contributed by atoms with Crippen LogP contribution in [0.3, 0.4) is 0 Å². The highest BCUT2D eigenvalue weighted by Crippen LogP contribution is 2.22. The van der Waals surface area contributed by atoms with Gasteiger partial charge in [0.1, 0.15) is 5.82 Å². The highest BCUT2D eigenvalue weighted by Gasteiger charge is 2.18. The molecule has 0 atom stereocenters. The second-order valence-corrected chi connectivity index (χ2v) is 5.38. The average molecular weight is 285 g/mol. The van der Waals surface area contributed by atoms with Crippen molar-refractivity contribution in [3.05, 3.63) is 46.8 Å². The van der Waals surface area contributed by atoms with Crippen LogP contribution in [0.1, 0.15) is 46.1 Å². The highest BCUT2D eigenvalue weighted by molar-refractivity contribution is 5.88. The summed E-state index contributed by atoms with van der Waals surface area (Å²) in [5.41, 5.74) is 3.99. The van der Waals surface area contributed by atoms with Crippen LogP contribution >= 0.6 is 0 Å². The van der Waals surface area contributed by atoms with Crippen molar-refractivity contribution in [2.24, 2.45) is 0 Å². The standard InChI is InChI=1S/C16H19N3O2/c1-11-18-14-5-3-4-6-15(14)19(11)10-13-8-7-12(9-17-13)16(20)21-2/h7-9H,3-6,10H2,1-2H3. The van der Waals surface area contributed by atoms with Gasteiger partial charge in [-0.15, -0.1) is 0 Å². The Labute approximate surface area is 124 Å². The number of hydrogen-bond donors (Lipinski definition) is 0. The summed E-state index contributed by atoms with van der Waals surface area (Å²) in [6, 6.07) is 3.63. The van der Waals surface area contributed by atoms with Crippen LogP contribution in [0.2, 0.25) is 0 Å². The Morgan fingerprint density at radius 2 is 2.14 bits per heavy atom. The fraction of sp³-hybridized carbons (Fsp3) is 0.438. The van der Waals surface area contributed by atoms with Gasteiger partial charge in [-0.05, 0) is 44.7 Å². The van der Waals surface area contributed by atoms with Crippen molar-refractivity contribution in [1.29, 1.82) is 0 Å². The lowest BCUT2D eigenvalue weighted by atomic mass is 10.0. The zero-order chi connectivity index (χ0) is 14.8. The minimum Gasteiger partial charge on any atom is -0.465 e. The van der Waals surface area contributed by atoms with Gasteiger partial charge in [-0.3, -0.25) is 4.98 Å². The van der Waals surface area contributed by atoms with Crippen LogP contribution in [0.4, 0.5) is 0 Å². The number of esters is 1. The molecule has 2 aromatic rings. The largest absolute Gasteiger partial charge is 0.465 e. The van der Waals surface area contributed by atoms with Crippen molar-refractivity contribution >= 4 is 5.97 Å². The monoisotopic (exact) mass is 285 g/mol. The first-order valence-electron chi connectivity index (χ1n) is 7.27. The molecule has 0 N–H and O–H groups in total. The topological polar surface area (TPSA) is 57.0 Å². The van der Waals surface area contributed by atoms with Crippen molar-refractivity contribution < 1.29 is 9.53 Å². The molecule has 1 aliphatic carbocycles. The second-order valence-electron chi connectivity index (χ2n) is 5.38. The Hall–Kier alpha value is -2.17. The molecule has 0 fully saturated rings. The molecule has 0 radical (unpaired) electrons. The van der Waals surface area contributed by atoms with E-state index in [9.17, 15) is 4.79 Å². The highest BCUT2D eigenvalue weighted by atomic mass is 16.5. The molecule has 21 heavy (non-hydrogen) atoms. The van der Waals surface area contributed by atoms with E-state index < -0.39 is 0 Å². The molecule has 1 aliphatic rings. The van der Waals surface area contributed by atoms with E-state index >= 15 is 0 Å². The maximum Gasteiger partial charge on any atom is 0.339 e. The number of ether oxygens (including phenoxy) is 1. The molecule has 0 spiro atoms. The fourth-order valence-corrected chi connectivity index (χ4v) is 2.86. The lowest BCUT2D eigenvalue weighted by molar-refractivity contribution is 0.0600. The molecule has 5 nitrogen and oxygen atoms in total. The fourth-order valence-electron chi connectivity index (χ4n) is 2.86. The van der Waals surface area contributed by atoms with Crippen LogP contribution in [0.5, 0.6) is 0 Å². The van der Waals surface area contributed by atoms with E-state index in [2.05, 4.69) is 19.3 Å². The number of hydrogen-bond acceptors (Lipinski definition) is 4. The van der Waals surface area contributed by atoms with Gasteiger partial charge >= 0.3 is 5.97 Å². The van der Waals surface area contributed by atoms with E-state index in [4.69, 9.17) is 0 Å². The maximum atomic E-state index is 11.4. The second kappa shape index (κ2) is 5.68. The molecule has 2 heterocycles. The first-order chi connectivity index (χ1) is 10.2. The van der Waals surface area contributed by atoms with E-state index in [1.807, 2.05) is 13.0 Å². The first-order valence-corrected chi connectivity index (χ1v) is 7.27. The van der Waals surface area contributed by atoms with Crippen LogP contribution in [0.15, 0.2) is 18.3 Å². The predicted molar refractivity (Wildman–Crippen MR) is 78.3 cm³/mol. The van der Waals surface area contributed by atoms with Gasteiger partial charge in [-0.25, -0.2) is 9.78 Å². The predicted octanol–water partition coefficient (Wildman–Crippen LogP) is 2.30. The Balaban J connectivity index is 1.84. The molecule has 0 saturated carbocycles. The number of nitrogens with zero attached hydrogens (tertiary/aromatic N) is 3. The molecule has 0 amide bonds. The average Bonchev–Trinajstić information content (AvgIpc) is 2.83. The zero-order valence-electron chi connectivity index (χ0n) is 12.4. The van der Waals surface area contributed by atoms with Crippen LogP contribution in [0, 0.1) is 6.92 Å². The molecule has 0 aromatic carbocycles. The molecule has 0 aliphatic heterocycles. The summed E-state index contributed by atoms with van der Waals surface area (Å²) >= 11 is 0. The van der Waals surface area contributed by atoms with Crippen molar-refractivity contribution in [3.63, 3.8) is 0 Å². The van der Waals surface area contributed by atoms with Crippen molar-refractivity contribution in [2.75, 3.05) is 7.11 Å². The quantitative estimate of drug-likeness (QED) is 0.812. The number of imidazole rings is 1. The molecular weight excluding hydrogens is 266 g/mol. The number of rotatable bonds is 3. The maximum absolute atomic E-state index is 11.4. The van der Waals surface area contributed by atoms with Gasteiger partial charge in [-0.1, -0.05) is 0 Å². The van der Waals surface area contributed by atoms with Crippen molar-refractivity contribution in [3.8, 4) is 0 Å². The summed E-state index contributed by atoms with van der Waals surface area (Å²) in [5, 5.41) is 0. The third-order valence-electron chi connectivity index (χ3n) is 3.99. The molecule has 110 valence electrons. The number of carbonyl (C=O) groups is 1. The van der Waals surface area contributed by atoms with E-state index in [0.717, 1.165) is 24.4 Å². The van der Waals surface area contributed by atoms with Crippen LogP contribution in [-0.4, -0.2) is 27.6 Å². The number of methoxy groups -OCH3 is 1. The summed E-state index contributed by atoms with van der Waals surface area (Å²) in [7, 11) is 1.37. The molecule has 2 aromatic heterocycles. The lowest BCUT2D eigenvalue weighted by Gasteiger charge is -2.14. The molecule has 0 saturated heterocycles. The molecule has 0 bridgehead atoms. The summed E-state index contributed by atoms with van der Waals surface area (Å²) in [6.07, 6.45) is 6.20. The number of carbonyl (C=O) groups excluding carboxylic acids is 1. The van der Waals surface area contributed by atoms with Crippen LogP contribution in [-0.2, 0) is 24.1 Å². The van der Waals surface area contributed by atoms with Gasteiger partial charge in [0.25, 0.3) is 0 Å². The normalized spacial score (nSPS) is 13.8. The van der Waals surface area contributed by atoms with Gasteiger partial charge in [0.05, 0.1) is 30.6 Å². The van der Waals surface area contributed by atoms with E-state index in [1.165, 1.54) is 31.3 Å².